The highest BCUT2D eigenvalue weighted by Crippen LogP contribution is 2.48. The summed E-state index contributed by atoms with van der Waals surface area (Å²) in [6.07, 6.45) is 6.05. The summed E-state index contributed by atoms with van der Waals surface area (Å²) < 4.78 is 1.53. The van der Waals surface area contributed by atoms with Crippen molar-refractivity contribution in [2.75, 3.05) is 5.32 Å². The van der Waals surface area contributed by atoms with Crippen molar-refractivity contribution in [1.29, 1.82) is 0 Å². The maximum absolute atomic E-state index is 12.4. The van der Waals surface area contributed by atoms with E-state index in [2.05, 4.69) is 15.6 Å². The highest BCUT2D eigenvalue weighted by Gasteiger charge is 2.43. The van der Waals surface area contributed by atoms with E-state index in [-0.39, 0.29) is 17.7 Å². The van der Waals surface area contributed by atoms with Gasteiger partial charge in [-0.15, -0.1) is 0 Å². The first-order valence-electron chi connectivity index (χ1n) is 6.91. The average Bonchev–Trinajstić information content (AvgIpc) is 3.14. The number of amides is 1. The summed E-state index contributed by atoms with van der Waals surface area (Å²) in [6, 6.07) is 0. The topological polar surface area (TPSA) is 106 Å². The van der Waals surface area contributed by atoms with Crippen LogP contribution in [0.15, 0.2) is 11.4 Å². The minimum atomic E-state index is -0.0543. The van der Waals surface area contributed by atoms with Gasteiger partial charge in [-0.1, -0.05) is 11.6 Å². The second kappa shape index (κ2) is 4.81. The van der Waals surface area contributed by atoms with Crippen molar-refractivity contribution >= 4 is 17.6 Å². The quantitative estimate of drug-likeness (QED) is 0.330. The van der Waals surface area contributed by atoms with E-state index >= 15 is 0 Å². The molecule has 1 heterocycles. The second-order valence-corrected chi connectivity index (χ2v) is 5.79. The van der Waals surface area contributed by atoms with E-state index in [0.29, 0.717) is 23.2 Å². The molecule has 20 heavy (non-hydrogen) atoms. The van der Waals surface area contributed by atoms with Gasteiger partial charge in [0.2, 0.25) is 5.91 Å². The molecular formula is C13H19N5O2. The van der Waals surface area contributed by atoms with Gasteiger partial charge in [0.05, 0.1) is 11.8 Å². The lowest BCUT2D eigenvalue weighted by Crippen LogP contribution is -2.29. The maximum atomic E-state index is 12.4. The van der Waals surface area contributed by atoms with Crippen molar-refractivity contribution in [1.82, 2.24) is 9.78 Å². The van der Waals surface area contributed by atoms with Crippen LogP contribution in [0.4, 0.5) is 5.82 Å². The van der Waals surface area contributed by atoms with Crippen molar-refractivity contribution in [3.05, 3.63) is 11.8 Å². The summed E-state index contributed by atoms with van der Waals surface area (Å²) >= 11 is 0. The summed E-state index contributed by atoms with van der Waals surface area (Å²) in [5, 5.41) is 18.7. The van der Waals surface area contributed by atoms with Gasteiger partial charge in [-0.25, -0.2) is 0 Å². The number of carbonyl (C=O) groups excluding carboxylic acids is 1. The number of nitrogens with one attached hydrogen (secondary N) is 1. The van der Waals surface area contributed by atoms with Crippen molar-refractivity contribution in [2.45, 2.75) is 25.7 Å². The standard InChI is InChI=1S/C13H19N5O2/c1-18-12(10(6-15-18)11(14)17-20)16-13(19)9-5-7-2-3-8(9)4-7/h6-9,20H,2-5H2,1H3,(H2,14,17)(H,16,19). The molecule has 0 aromatic carbocycles. The van der Waals surface area contributed by atoms with E-state index in [1.807, 2.05) is 0 Å². The van der Waals surface area contributed by atoms with Gasteiger partial charge in [0, 0.05) is 13.0 Å². The Bertz CT molecular complexity index is 565. The summed E-state index contributed by atoms with van der Waals surface area (Å²) in [5.74, 6) is 1.76. The lowest BCUT2D eigenvalue weighted by molar-refractivity contribution is -0.121. The summed E-state index contributed by atoms with van der Waals surface area (Å²) in [4.78, 5) is 12.4. The van der Waals surface area contributed by atoms with E-state index in [1.165, 1.54) is 23.7 Å². The predicted octanol–water partition coefficient (Wildman–Crippen LogP) is 0.889. The Morgan fingerprint density at radius 1 is 1.55 bits per heavy atom. The fraction of sp³-hybridized carbons (Fsp3) is 0.615. The molecule has 0 radical (unpaired) electrons. The third-order valence-electron chi connectivity index (χ3n) is 4.64. The largest absolute Gasteiger partial charge is 0.409 e. The van der Waals surface area contributed by atoms with Gasteiger partial charge in [-0.3, -0.25) is 9.48 Å². The van der Waals surface area contributed by atoms with E-state index < -0.39 is 0 Å². The van der Waals surface area contributed by atoms with Crippen molar-refractivity contribution in [3.63, 3.8) is 0 Å². The van der Waals surface area contributed by atoms with Crippen LogP contribution in [0.1, 0.15) is 31.2 Å². The zero-order valence-electron chi connectivity index (χ0n) is 11.4. The number of anilines is 1. The van der Waals surface area contributed by atoms with Crippen LogP contribution >= 0.6 is 0 Å². The number of hydrogen-bond acceptors (Lipinski definition) is 4. The van der Waals surface area contributed by atoms with Crippen molar-refractivity contribution in [3.8, 4) is 0 Å². The maximum Gasteiger partial charge on any atom is 0.228 e. The van der Waals surface area contributed by atoms with Crippen LogP contribution in [0, 0.1) is 17.8 Å². The zero-order chi connectivity index (χ0) is 14.3. The van der Waals surface area contributed by atoms with Gasteiger partial charge in [-0.05, 0) is 31.1 Å². The molecule has 1 aromatic rings. The Balaban J connectivity index is 1.78. The highest BCUT2D eigenvalue weighted by atomic mass is 16.4. The number of hydrogen-bond donors (Lipinski definition) is 3. The zero-order valence-corrected chi connectivity index (χ0v) is 11.4. The van der Waals surface area contributed by atoms with Crippen molar-refractivity contribution in [2.24, 2.45) is 35.7 Å². The number of aromatic nitrogens is 2. The number of oxime groups is 1. The number of aryl methyl sites for hydroxylation is 1. The Morgan fingerprint density at radius 2 is 2.35 bits per heavy atom. The number of amidine groups is 1. The molecule has 108 valence electrons. The summed E-state index contributed by atoms with van der Waals surface area (Å²) in [7, 11) is 1.71. The molecule has 7 nitrogen and oxygen atoms in total. The fourth-order valence-electron chi connectivity index (χ4n) is 3.60. The van der Waals surface area contributed by atoms with Crippen LogP contribution in [-0.4, -0.2) is 26.7 Å². The molecule has 2 aliphatic rings. The molecule has 3 atom stereocenters. The Kier molecular flexibility index (Phi) is 3.11. The van der Waals surface area contributed by atoms with Gasteiger partial charge in [0.15, 0.2) is 5.84 Å². The first-order chi connectivity index (χ1) is 9.60. The lowest BCUT2D eigenvalue weighted by Gasteiger charge is -2.21. The Morgan fingerprint density at radius 3 is 2.95 bits per heavy atom. The number of nitrogens with zero attached hydrogens (tertiary/aromatic N) is 3. The van der Waals surface area contributed by atoms with Gasteiger partial charge < -0.3 is 16.3 Å². The number of rotatable bonds is 3. The van der Waals surface area contributed by atoms with Crippen LogP contribution in [-0.2, 0) is 11.8 Å². The third-order valence-corrected chi connectivity index (χ3v) is 4.64. The summed E-state index contributed by atoms with van der Waals surface area (Å²) in [6.45, 7) is 0. The monoisotopic (exact) mass is 277 g/mol. The van der Waals surface area contributed by atoms with Gasteiger partial charge in [0.1, 0.15) is 5.82 Å². The van der Waals surface area contributed by atoms with E-state index in [9.17, 15) is 4.79 Å². The smallest absolute Gasteiger partial charge is 0.228 e. The number of fused-ring (bicyclic) bond motifs is 2. The molecule has 0 spiro atoms. The van der Waals surface area contributed by atoms with Crippen LogP contribution in [0.2, 0.25) is 0 Å². The molecule has 3 unspecified atom stereocenters. The van der Waals surface area contributed by atoms with Crippen LogP contribution < -0.4 is 11.1 Å². The van der Waals surface area contributed by atoms with E-state index in [1.54, 1.807) is 7.05 Å². The normalized spacial score (nSPS) is 28.9. The number of carbonyl (C=O) groups is 1. The first-order valence-corrected chi connectivity index (χ1v) is 6.91. The van der Waals surface area contributed by atoms with Gasteiger partial charge in [-0.2, -0.15) is 5.10 Å². The number of nitrogens with two attached hydrogens (primary N) is 1. The average molecular weight is 277 g/mol. The highest BCUT2D eigenvalue weighted by molar-refractivity contribution is 6.04. The molecule has 2 bridgehead atoms. The molecule has 0 saturated heterocycles. The molecule has 0 aliphatic heterocycles. The van der Waals surface area contributed by atoms with Crippen LogP contribution in [0.25, 0.3) is 0 Å². The molecule has 2 aliphatic carbocycles. The van der Waals surface area contributed by atoms with E-state index in [4.69, 9.17) is 10.9 Å². The van der Waals surface area contributed by atoms with Crippen LogP contribution in [0.3, 0.4) is 0 Å². The first kappa shape index (κ1) is 13.0. The van der Waals surface area contributed by atoms with Crippen LogP contribution in [0.5, 0.6) is 0 Å². The molecule has 4 N–H and O–H groups in total. The molecule has 2 fully saturated rings. The Hall–Kier alpha value is -2.05. The molecule has 7 heteroatoms. The Labute approximate surface area is 116 Å². The van der Waals surface area contributed by atoms with Gasteiger partial charge in [0.25, 0.3) is 0 Å². The fourth-order valence-corrected chi connectivity index (χ4v) is 3.60. The molecule has 1 amide bonds. The minimum Gasteiger partial charge on any atom is -0.409 e. The van der Waals surface area contributed by atoms with Crippen molar-refractivity contribution < 1.29 is 10.0 Å². The second-order valence-electron chi connectivity index (χ2n) is 5.79. The molecule has 1 aromatic heterocycles. The third kappa shape index (κ3) is 2.03. The minimum absolute atomic E-state index is 0.0211. The molecular weight excluding hydrogens is 258 g/mol. The van der Waals surface area contributed by atoms with E-state index in [0.717, 1.165) is 12.8 Å². The summed E-state index contributed by atoms with van der Waals surface area (Å²) in [5.41, 5.74) is 6.03. The van der Waals surface area contributed by atoms with Gasteiger partial charge >= 0.3 is 0 Å². The predicted molar refractivity (Wildman–Crippen MR) is 73.3 cm³/mol. The SMILES string of the molecule is Cn1ncc(C(N)=NO)c1NC(=O)C1CC2CCC1C2. The molecule has 2 saturated carbocycles. The molecule has 3 rings (SSSR count). The lowest BCUT2D eigenvalue weighted by atomic mass is 9.88.